The lowest BCUT2D eigenvalue weighted by atomic mass is 10.0. The number of pyridine rings is 1. The molecule has 36 heavy (non-hydrogen) atoms. The van der Waals surface area contributed by atoms with Gasteiger partial charge in [0.1, 0.15) is 11.4 Å². The summed E-state index contributed by atoms with van der Waals surface area (Å²) in [6.45, 7) is 6.50. The zero-order valence-corrected chi connectivity index (χ0v) is 20.5. The molecule has 4 aromatic rings. The number of amides is 1. The SMILES string of the molecule is CC(C)(O)C(=O)NC1CCN(CCn2cc3cc(Oc4ccc(-c5ccn[nH]5)cn4)ccc3n2)CC1. The van der Waals surface area contributed by atoms with Gasteiger partial charge in [-0.05, 0) is 57.0 Å². The maximum absolute atomic E-state index is 12.0. The van der Waals surface area contributed by atoms with Gasteiger partial charge in [0.15, 0.2) is 0 Å². The maximum Gasteiger partial charge on any atom is 0.251 e. The second-order valence-corrected chi connectivity index (χ2v) is 9.72. The van der Waals surface area contributed by atoms with E-state index in [4.69, 9.17) is 9.84 Å². The summed E-state index contributed by atoms with van der Waals surface area (Å²) < 4.78 is 7.92. The van der Waals surface area contributed by atoms with E-state index < -0.39 is 5.60 Å². The molecule has 4 heterocycles. The van der Waals surface area contributed by atoms with Gasteiger partial charge in [0, 0.05) is 61.3 Å². The van der Waals surface area contributed by atoms with Crippen molar-refractivity contribution in [1.82, 2.24) is 35.2 Å². The minimum atomic E-state index is -1.34. The Kier molecular flexibility index (Phi) is 6.71. The van der Waals surface area contributed by atoms with E-state index in [1.54, 1.807) is 12.4 Å². The van der Waals surface area contributed by atoms with Gasteiger partial charge in [-0.3, -0.25) is 14.6 Å². The lowest BCUT2D eigenvalue weighted by Crippen LogP contribution is -2.50. The topological polar surface area (TPSA) is 121 Å². The summed E-state index contributed by atoms with van der Waals surface area (Å²) in [5, 5.41) is 25.4. The number of ether oxygens (including phenoxy) is 1. The predicted octanol–water partition coefficient (Wildman–Crippen LogP) is 2.97. The van der Waals surface area contributed by atoms with Gasteiger partial charge in [-0.15, -0.1) is 0 Å². The first-order chi connectivity index (χ1) is 17.3. The monoisotopic (exact) mass is 489 g/mol. The Morgan fingerprint density at radius 1 is 1.19 bits per heavy atom. The molecule has 0 spiro atoms. The van der Waals surface area contributed by atoms with E-state index in [0.717, 1.165) is 61.2 Å². The van der Waals surface area contributed by atoms with Crippen molar-refractivity contribution in [2.24, 2.45) is 0 Å². The fraction of sp³-hybridized carbons (Fsp3) is 0.385. The third kappa shape index (κ3) is 5.72. The molecule has 1 aliphatic heterocycles. The number of aromatic nitrogens is 5. The van der Waals surface area contributed by atoms with Gasteiger partial charge in [-0.1, -0.05) is 0 Å². The Morgan fingerprint density at radius 3 is 2.72 bits per heavy atom. The Hall–Kier alpha value is -3.76. The van der Waals surface area contributed by atoms with Crippen molar-refractivity contribution in [2.45, 2.75) is 44.9 Å². The molecule has 0 bridgehead atoms. The number of nitrogens with one attached hydrogen (secondary N) is 2. The highest BCUT2D eigenvalue weighted by Crippen LogP contribution is 2.25. The molecular formula is C26H31N7O3. The van der Waals surface area contributed by atoms with Crippen LogP contribution in [0.25, 0.3) is 22.2 Å². The molecule has 1 amide bonds. The third-order valence-electron chi connectivity index (χ3n) is 6.42. The van der Waals surface area contributed by atoms with Crippen LogP contribution >= 0.6 is 0 Å². The van der Waals surface area contributed by atoms with Crippen LogP contribution in [0.2, 0.25) is 0 Å². The van der Waals surface area contributed by atoms with Crippen LogP contribution in [-0.2, 0) is 11.3 Å². The molecule has 0 aliphatic carbocycles. The Labute approximate surface area is 209 Å². The molecule has 0 radical (unpaired) electrons. The van der Waals surface area contributed by atoms with Crippen molar-refractivity contribution < 1.29 is 14.6 Å². The number of aliphatic hydroxyl groups is 1. The molecule has 0 atom stereocenters. The molecule has 1 fully saturated rings. The van der Waals surface area contributed by atoms with Gasteiger partial charge < -0.3 is 20.1 Å². The largest absolute Gasteiger partial charge is 0.439 e. The van der Waals surface area contributed by atoms with Crippen molar-refractivity contribution in [3.63, 3.8) is 0 Å². The summed E-state index contributed by atoms with van der Waals surface area (Å²) in [5.74, 6) is 0.917. The van der Waals surface area contributed by atoms with Gasteiger partial charge in [-0.25, -0.2) is 4.98 Å². The first-order valence-electron chi connectivity index (χ1n) is 12.2. The number of benzene rings is 1. The Bertz CT molecular complexity index is 1300. The van der Waals surface area contributed by atoms with Crippen molar-refractivity contribution in [2.75, 3.05) is 19.6 Å². The average Bonchev–Trinajstić information content (AvgIpc) is 3.53. The number of hydrogen-bond acceptors (Lipinski definition) is 7. The van der Waals surface area contributed by atoms with Gasteiger partial charge in [0.05, 0.1) is 17.8 Å². The van der Waals surface area contributed by atoms with E-state index in [0.29, 0.717) is 11.6 Å². The number of nitrogens with zero attached hydrogens (tertiary/aromatic N) is 5. The predicted molar refractivity (Wildman–Crippen MR) is 136 cm³/mol. The van der Waals surface area contributed by atoms with E-state index in [-0.39, 0.29) is 11.9 Å². The Morgan fingerprint density at radius 2 is 2.03 bits per heavy atom. The summed E-state index contributed by atoms with van der Waals surface area (Å²) in [6, 6.07) is 11.6. The van der Waals surface area contributed by atoms with Crippen molar-refractivity contribution in [3.05, 3.63) is 55.0 Å². The molecule has 1 aromatic carbocycles. The van der Waals surface area contributed by atoms with Crippen LogP contribution in [0.1, 0.15) is 26.7 Å². The molecule has 10 heteroatoms. The van der Waals surface area contributed by atoms with E-state index in [9.17, 15) is 9.90 Å². The number of carbonyl (C=O) groups is 1. The van der Waals surface area contributed by atoms with Gasteiger partial charge in [0.2, 0.25) is 5.88 Å². The fourth-order valence-electron chi connectivity index (χ4n) is 4.28. The zero-order chi connectivity index (χ0) is 25.1. The van der Waals surface area contributed by atoms with Crippen molar-refractivity contribution >= 4 is 16.8 Å². The highest BCUT2D eigenvalue weighted by atomic mass is 16.5. The first-order valence-corrected chi connectivity index (χ1v) is 12.2. The van der Waals surface area contributed by atoms with Crippen molar-refractivity contribution in [3.8, 4) is 22.9 Å². The second kappa shape index (κ2) is 10.1. The highest BCUT2D eigenvalue weighted by molar-refractivity contribution is 5.84. The lowest BCUT2D eigenvalue weighted by Gasteiger charge is -2.33. The number of fused-ring (bicyclic) bond motifs is 1. The molecule has 10 nitrogen and oxygen atoms in total. The minimum absolute atomic E-state index is 0.113. The first kappa shape index (κ1) is 24.0. The minimum Gasteiger partial charge on any atom is -0.439 e. The molecule has 1 aliphatic rings. The summed E-state index contributed by atoms with van der Waals surface area (Å²) in [4.78, 5) is 18.8. The van der Waals surface area contributed by atoms with Crippen LogP contribution < -0.4 is 10.1 Å². The van der Waals surface area contributed by atoms with Crippen LogP contribution in [0.15, 0.2) is 55.0 Å². The van der Waals surface area contributed by atoms with Crippen LogP contribution in [0.5, 0.6) is 11.6 Å². The molecule has 1 saturated heterocycles. The van der Waals surface area contributed by atoms with Gasteiger partial charge in [-0.2, -0.15) is 10.2 Å². The number of likely N-dealkylation sites (tertiary alicyclic amines) is 1. The van der Waals surface area contributed by atoms with Gasteiger partial charge in [0.25, 0.3) is 5.91 Å². The van der Waals surface area contributed by atoms with Crippen LogP contribution in [0.4, 0.5) is 0 Å². The molecule has 0 saturated carbocycles. The van der Waals surface area contributed by atoms with E-state index in [2.05, 4.69) is 25.4 Å². The van der Waals surface area contributed by atoms with E-state index >= 15 is 0 Å². The third-order valence-corrected chi connectivity index (χ3v) is 6.42. The van der Waals surface area contributed by atoms with Crippen LogP contribution in [0, 0.1) is 0 Å². The van der Waals surface area contributed by atoms with Crippen LogP contribution in [0.3, 0.4) is 0 Å². The number of rotatable bonds is 8. The summed E-state index contributed by atoms with van der Waals surface area (Å²) in [5.41, 5.74) is 1.42. The highest BCUT2D eigenvalue weighted by Gasteiger charge is 2.28. The smallest absolute Gasteiger partial charge is 0.251 e. The van der Waals surface area contributed by atoms with Crippen molar-refractivity contribution in [1.29, 1.82) is 0 Å². The normalized spacial score (nSPS) is 15.3. The lowest BCUT2D eigenvalue weighted by molar-refractivity contribution is -0.137. The summed E-state index contributed by atoms with van der Waals surface area (Å²) in [6.07, 6.45) is 7.25. The molecule has 5 rings (SSSR count). The number of hydrogen-bond donors (Lipinski definition) is 3. The summed E-state index contributed by atoms with van der Waals surface area (Å²) >= 11 is 0. The standard InChI is InChI=1S/C26H31N7O3/c1-26(2,35)25(34)29-20-8-11-32(12-9-20)13-14-33-17-19-15-21(4-5-23(19)31-33)36-24-6-3-18(16-27-24)22-7-10-28-30-22/h3-7,10,15-17,20,35H,8-9,11-14H2,1-2H3,(H,28,30)(H,29,34). The molecular weight excluding hydrogens is 458 g/mol. The molecule has 3 N–H and O–H groups in total. The Balaban J connectivity index is 1.13. The quantitative estimate of drug-likeness (QED) is 0.348. The number of carbonyl (C=O) groups excluding carboxylic acids is 1. The molecule has 188 valence electrons. The number of H-pyrrole nitrogens is 1. The van der Waals surface area contributed by atoms with Crippen LogP contribution in [-0.4, -0.2) is 72.2 Å². The number of aromatic amines is 1. The zero-order valence-electron chi connectivity index (χ0n) is 20.5. The fourth-order valence-corrected chi connectivity index (χ4v) is 4.28. The van der Waals surface area contributed by atoms with E-state index in [1.807, 2.05) is 47.3 Å². The maximum atomic E-state index is 12.0. The summed E-state index contributed by atoms with van der Waals surface area (Å²) in [7, 11) is 0. The molecule has 0 unspecified atom stereocenters. The average molecular weight is 490 g/mol. The second-order valence-electron chi connectivity index (χ2n) is 9.72. The van der Waals surface area contributed by atoms with Gasteiger partial charge >= 0.3 is 0 Å². The molecule has 3 aromatic heterocycles. The van der Waals surface area contributed by atoms with E-state index in [1.165, 1.54) is 13.8 Å². The number of piperidine rings is 1.